The van der Waals surface area contributed by atoms with Gasteiger partial charge in [-0.05, 0) is 79.1 Å². The highest BCUT2D eigenvalue weighted by Gasteiger charge is 2.67. The summed E-state index contributed by atoms with van der Waals surface area (Å²) >= 11 is 0. The van der Waals surface area contributed by atoms with Crippen LogP contribution in [-0.4, -0.2) is 70.1 Å². The van der Waals surface area contributed by atoms with Crippen LogP contribution in [0.25, 0.3) is 0 Å². The largest absolute Gasteiger partial charge is 0.394 e. The zero-order chi connectivity index (χ0) is 23.8. The third kappa shape index (κ3) is 3.34. The minimum absolute atomic E-state index is 0.0508. The Morgan fingerprint density at radius 3 is 2.52 bits per heavy atom. The first-order valence-electron chi connectivity index (χ1n) is 12.7. The maximum atomic E-state index is 13.4. The fourth-order valence-electron chi connectivity index (χ4n) is 8.90. The summed E-state index contributed by atoms with van der Waals surface area (Å²) in [6, 6.07) is 0. The van der Waals surface area contributed by atoms with Gasteiger partial charge in [-0.3, -0.25) is 4.79 Å². The zero-order valence-electron chi connectivity index (χ0n) is 19.9. The second-order valence-corrected chi connectivity index (χ2v) is 12.2. The normalized spacial score (nSPS) is 54.1. The van der Waals surface area contributed by atoms with Gasteiger partial charge in [0.05, 0.1) is 13.2 Å². The molecule has 0 unspecified atom stereocenters. The highest BCUT2D eigenvalue weighted by Crippen LogP contribution is 2.71. The van der Waals surface area contributed by atoms with Crippen molar-refractivity contribution < 1.29 is 34.7 Å². The van der Waals surface area contributed by atoms with E-state index in [1.807, 2.05) is 0 Å². The number of hydrogen-bond acceptors (Lipinski definition) is 7. The summed E-state index contributed by atoms with van der Waals surface area (Å²) in [5.41, 5.74) is 0.545. The molecule has 0 aromatic rings. The van der Waals surface area contributed by atoms with Gasteiger partial charge in [-0.1, -0.05) is 26.8 Å². The molecule has 11 atom stereocenters. The molecule has 7 nitrogen and oxygen atoms in total. The van der Waals surface area contributed by atoms with Gasteiger partial charge < -0.3 is 29.9 Å². The van der Waals surface area contributed by atoms with Crippen molar-refractivity contribution >= 4 is 5.78 Å². The van der Waals surface area contributed by atoms with Gasteiger partial charge in [0, 0.05) is 5.41 Å². The highest BCUT2D eigenvalue weighted by molar-refractivity contribution is 6.03. The average molecular weight is 465 g/mol. The molecule has 0 aromatic carbocycles. The highest BCUT2D eigenvalue weighted by atomic mass is 16.7. The molecule has 0 aromatic heterocycles. The minimum atomic E-state index is -1.43. The molecular formula is C26H40O7. The standard InChI is InChI=1S/C26H40O7/c1-14-15-5-6-18-25(3)9-4-8-24(2,17(25)7-10-26(18,11-15)22(14)31)13-32-23-21(30)20(29)19(28)16(12-27)33-23/h15-21,23,27-30H,1,4-13H2,2-3H3/t15-,16-,17-,18+,19-,20+,21-,23-,24+,25-,26-/m1/s1. The number of aliphatic hydroxyl groups is 4. The second-order valence-electron chi connectivity index (χ2n) is 12.2. The number of carbonyl (C=O) groups excluding carboxylic acids is 1. The number of rotatable bonds is 4. The quantitative estimate of drug-likeness (QED) is 0.470. The Morgan fingerprint density at radius 1 is 1.03 bits per heavy atom. The Labute approximate surface area is 196 Å². The van der Waals surface area contributed by atoms with E-state index in [9.17, 15) is 25.2 Å². The molecular weight excluding hydrogens is 424 g/mol. The van der Waals surface area contributed by atoms with E-state index < -0.39 is 37.3 Å². The fraction of sp³-hybridized carbons (Fsp3) is 0.885. The third-order valence-electron chi connectivity index (χ3n) is 10.5. The number of hydrogen-bond donors (Lipinski definition) is 4. The van der Waals surface area contributed by atoms with Crippen molar-refractivity contribution in [1.82, 2.24) is 0 Å². The van der Waals surface area contributed by atoms with Crippen LogP contribution in [0.1, 0.15) is 65.2 Å². The third-order valence-corrected chi connectivity index (χ3v) is 10.5. The van der Waals surface area contributed by atoms with Crippen LogP contribution in [0.3, 0.4) is 0 Å². The lowest BCUT2D eigenvalue weighted by Crippen LogP contribution is -2.61. The van der Waals surface area contributed by atoms with E-state index in [0.29, 0.717) is 30.1 Å². The smallest absolute Gasteiger partial charge is 0.186 e. The van der Waals surface area contributed by atoms with E-state index in [1.54, 1.807) is 0 Å². The molecule has 33 heavy (non-hydrogen) atoms. The van der Waals surface area contributed by atoms with E-state index in [0.717, 1.165) is 56.9 Å². The topological polar surface area (TPSA) is 116 Å². The predicted octanol–water partition coefficient (Wildman–Crippen LogP) is 1.95. The molecule has 7 heteroatoms. The average Bonchev–Trinajstić information content (AvgIpc) is 2.96. The number of ketones is 1. The summed E-state index contributed by atoms with van der Waals surface area (Å²) in [5.74, 6) is 1.47. The molecule has 1 saturated heterocycles. The monoisotopic (exact) mass is 464 g/mol. The first-order valence-corrected chi connectivity index (χ1v) is 12.7. The summed E-state index contributed by atoms with van der Waals surface area (Å²) in [6.45, 7) is 8.70. The Hall–Kier alpha value is -0.830. The van der Waals surface area contributed by atoms with Gasteiger partial charge >= 0.3 is 0 Å². The Bertz CT molecular complexity index is 812. The van der Waals surface area contributed by atoms with Crippen molar-refractivity contribution in [1.29, 1.82) is 0 Å². The summed E-state index contributed by atoms with van der Waals surface area (Å²) in [6.07, 6.45) is 1.94. The number of Topliss-reactive ketones (excluding diaryl/α,β-unsaturated/α-hetero) is 1. The van der Waals surface area contributed by atoms with Gasteiger partial charge in [0.2, 0.25) is 0 Å². The molecule has 4 N–H and O–H groups in total. The van der Waals surface area contributed by atoms with E-state index in [1.165, 1.54) is 0 Å². The van der Waals surface area contributed by atoms with Crippen molar-refractivity contribution in [2.75, 3.05) is 13.2 Å². The van der Waals surface area contributed by atoms with Crippen molar-refractivity contribution in [3.05, 3.63) is 12.2 Å². The summed E-state index contributed by atoms with van der Waals surface area (Å²) in [7, 11) is 0. The van der Waals surface area contributed by atoms with Crippen LogP contribution >= 0.6 is 0 Å². The molecule has 0 amide bonds. The lowest BCUT2D eigenvalue weighted by Gasteiger charge is -2.63. The van der Waals surface area contributed by atoms with Crippen molar-refractivity contribution in [3.8, 4) is 0 Å². The lowest BCUT2D eigenvalue weighted by atomic mass is 9.41. The SMILES string of the molecule is C=C1C(=O)[C@@]23CC[C@@H]4[C@](C)(CO[C@@H]5O[C@H](CO)[C@@H](O)[C@H](O)[C@H]5O)CCC[C@@]4(C)[C@@H]2CC[C@@H]1C3. The van der Waals surface area contributed by atoms with E-state index >= 15 is 0 Å². The van der Waals surface area contributed by atoms with Crippen LogP contribution in [0.15, 0.2) is 12.2 Å². The molecule has 4 saturated carbocycles. The summed E-state index contributed by atoms with van der Waals surface area (Å²) in [4.78, 5) is 13.4. The predicted molar refractivity (Wildman–Crippen MR) is 120 cm³/mol. The van der Waals surface area contributed by atoms with Crippen LogP contribution in [0.2, 0.25) is 0 Å². The number of ether oxygens (including phenoxy) is 2. The molecule has 5 aliphatic rings. The molecule has 0 radical (unpaired) electrons. The first-order chi connectivity index (χ1) is 15.6. The van der Waals surface area contributed by atoms with Gasteiger partial charge in [0.25, 0.3) is 0 Å². The molecule has 186 valence electrons. The van der Waals surface area contributed by atoms with Crippen LogP contribution < -0.4 is 0 Å². The van der Waals surface area contributed by atoms with Crippen molar-refractivity contribution in [2.24, 2.45) is 34.0 Å². The maximum absolute atomic E-state index is 13.4. The fourth-order valence-corrected chi connectivity index (χ4v) is 8.90. The number of fused-ring (bicyclic) bond motifs is 3. The second kappa shape index (κ2) is 8.10. The summed E-state index contributed by atoms with van der Waals surface area (Å²) in [5, 5.41) is 40.1. The number of carbonyl (C=O) groups is 1. The van der Waals surface area contributed by atoms with Crippen molar-refractivity contribution in [3.63, 3.8) is 0 Å². The number of allylic oxidation sites excluding steroid dienone is 1. The zero-order valence-corrected chi connectivity index (χ0v) is 19.9. The first kappa shape index (κ1) is 23.9. The van der Waals surface area contributed by atoms with Gasteiger partial charge in [-0.15, -0.1) is 0 Å². The molecule has 1 aliphatic heterocycles. The Kier molecular flexibility index (Phi) is 5.87. The van der Waals surface area contributed by atoms with E-state index in [2.05, 4.69) is 20.4 Å². The molecule has 4 aliphatic carbocycles. The molecule has 5 rings (SSSR count). The van der Waals surface area contributed by atoms with Crippen LogP contribution in [0.4, 0.5) is 0 Å². The van der Waals surface area contributed by atoms with Gasteiger partial charge in [-0.2, -0.15) is 0 Å². The molecule has 1 heterocycles. The number of aliphatic hydroxyl groups excluding tert-OH is 4. The van der Waals surface area contributed by atoms with Gasteiger partial charge in [0.1, 0.15) is 24.4 Å². The van der Waals surface area contributed by atoms with Gasteiger partial charge in [-0.25, -0.2) is 0 Å². The van der Waals surface area contributed by atoms with E-state index in [-0.39, 0.29) is 16.2 Å². The molecule has 5 fully saturated rings. The summed E-state index contributed by atoms with van der Waals surface area (Å²) < 4.78 is 11.7. The molecule has 2 bridgehead atoms. The maximum Gasteiger partial charge on any atom is 0.186 e. The Balaban J connectivity index is 1.35. The van der Waals surface area contributed by atoms with Crippen LogP contribution in [-0.2, 0) is 14.3 Å². The van der Waals surface area contributed by atoms with E-state index in [4.69, 9.17) is 9.47 Å². The Morgan fingerprint density at radius 2 is 1.79 bits per heavy atom. The minimum Gasteiger partial charge on any atom is -0.394 e. The van der Waals surface area contributed by atoms with Crippen molar-refractivity contribution in [2.45, 2.75) is 95.9 Å². The van der Waals surface area contributed by atoms with Crippen LogP contribution in [0, 0.1) is 34.0 Å². The van der Waals surface area contributed by atoms with Gasteiger partial charge in [0.15, 0.2) is 12.1 Å². The lowest BCUT2D eigenvalue weighted by molar-refractivity contribution is -0.310. The molecule has 1 spiro atoms. The van der Waals surface area contributed by atoms with Crippen LogP contribution in [0.5, 0.6) is 0 Å².